The van der Waals surface area contributed by atoms with Gasteiger partial charge in [0.1, 0.15) is 5.75 Å². The predicted octanol–water partition coefficient (Wildman–Crippen LogP) is 3.76. The first-order valence-electron chi connectivity index (χ1n) is 8.61. The van der Waals surface area contributed by atoms with Crippen LogP contribution in [0.5, 0.6) is 5.75 Å². The van der Waals surface area contributed by atoms with E-state index in [2.05, 4.69) is 31.8 Å². The van der Waals surface area contributed by atoms with E-state index in [9.17, 15) is 9.90 Å². The first-order chi connectivity index (χ1) is 11.5. The van der Waals surface area contributed by atoms with E-state index < -0.39 is 0 Å². The number of urea groups is 1. The molecular formula is C18H22BrN3O2. The highest BCUT2D eigenvalue weighted by molar-refractivity contribution is 9.10. The van der Waals surface area contributed by atoms with Crippen molar-refractivity contribution < 1.29 is 9.90 Å². The Morgan fingerprint density at radius 2 is 1.83 bits per heavy atom. The van der Waals surface area contributed by atoms with E-state index in [4.69, 9.17) is 0 Å². The number of phenols is 1. The molecule has 5 rings (SSSR count). The fourth-order valence-corrected chi connectivity index (χ4v) is 5.70. The molecule has 4 saturated carbocycles. The van der Waals surface area contributed by atoms with Crippen molar-refractivity contribution in [1.29, 1.82) is 0 Å². The van der Waals surface area contributed by atoms with Crippen molar-refractivity contribution in [3.05, 3.63) is 28.2 Å². The topological polar surface area (TPSA) is 73.7 Å². The lowest BCUT2D eigenvalue weighted by Gasteiger charge is -2.56. The number of benzene rings is 1. The van der Waals surface area contributed by atoms with Crippen molar-refractivity contribution in [3.63, 3.8) is 0 Å². The molecule has 1 aromatic rings. The molecule has 0 aliphatic heterocycles. The Kier molecular flexibility index (Phi) is 4.03. The summed E-state index contributed by atoms with van der Waals surface area (Å²) in [6.45, 7) is 0. The molecule has 0 aromatic heterocycles. The number of hydrogen-bond donors (Lipinski definition) is 3. The number of halogens is 1. The summed E-state index contributed by atoms with van der Waals surface area (Å²) < 4.78 is 0.847. The fourth-order valence-electron chi connectivity index (χ4n) is 5.32. The summed E-state index contributed by atoms with van der Waals surface area (Å²) >= 11 is 3.35. The molecule has 128 valence electrons. The second kappa shape index (κ2) is 6.06. The molecule has 4 aliphatic rings. The fraction of sp³-hybridized carbons (Fsp3) is 0.556. The third kappa shape index (κ3) is 3.16. The number of amides is 2. The highest BCUT2D eigenvalue weighted by Crippen LogP contribution is 2.55. The molecule has 0 heterocycles. The SMILES string of the molecule is O=C(N/N=C\c1cc(Br)ccc1O)NC12CC3CC(CC(C3)C1)C2. The molecule has 0 spiro atoms. The quantitative estimate of drug-likeness (QED) is 0.541. The number of carbonyl (C=O) groups excluding carboxylic acids is 1. The van der Waals surface area contributed by atoms with E-state index in [0.29, 0.717) is 5.56 Å². The zero-order valence-electron chi connectivity index (χ0n) is 13.5. The number of carbonyl (C=O) groups is 1. The van der Waals surface area contributed by atoms with Crippen molar-refractivity contribution in [2.24, 2.45) is 22.9 Å². The zero-order valence-corrected chi connectivity index (χ0v) is 15.1. The number of nitrogens with zero attached hydrogens (tertiary/aromatic N) is 1. The number of nitrogens with one attached hydrogen (secondary N) is 2. The Morgan fingerprint density at radius 3 is 2.46 bits per heavy atom. The molecule has 2 amide bonds. The van der Waals surface area contributed by atoms with Gasteiger partial charge in [-0.15, -0.1) is 0 Å². The summed E-state index contributed by atoms with van der Waals surface area (Å²) in [5.74, 6) is 2.50. The highest BCUT2D eigenvalue weighted by Gasteiger charge is 2.51. The third-order valence-electron chi connectivity index (χ3n) is 5.78. The highest BCUT2D eigenvalue weighted by atomic mass is 79.9. The zero-order chi connectivity index (χ0) is 16.7. The molecule has 0 saturated heterocycles. The average molecular weight is 392 g/mol. The number of hydrazone groups is 1. The Hall–Kier alpha value is -1.56. The molecule has 3 N–H and O–H groups in total. The second-order valence-electron chi connectivity index (χ2n) is 7.73. The molecule has 4 aliphatic carbocycles. The van der Waals surface area contributed by atoms with E-state index in [0.717, 1.165) is 41.5 Å². The van der Waals surface area contributed by atoms with Crippen LogP contribution < -0.4 is 10.7 Å². The molecular weight excluding hydrogens is 370 g/mol. The van der Waals surface area contributed by atoms with Crippen LogP contribution in [-0.4, -0.2) is 22.9 Å². The van der Waals surface area contributed by atoms with Gasteiger partial charge in [-0.05, 0) is 74.5 Å². The first-order valence-corrected chi connectivity index (χ1v) is 9.40. The Morgan fingerprint density at radius 1 is 1.21 bits per heavy atom. The number of hydrogen-bond acceptors (Lipinski definition) is 3. The Bertz CT molecular complexity index is 654. The molecule has 0 unspecified atom stereocenters. The van der Waals surface area contributed by atoms with E-state index >= 15 is 0 Å². The number of phenolic OH excluding ortho intramolecular Hbond substituents is 1. The monoisotopic (exact) mass is 391 g/mol. The molecule has 1 aromatic carbocycles. The maximum atomic E-state index is 12.3. The first kappa shape index (κ1) is 15.9. The van der Waals surface area contributed by atoms with Gasteiger partial charge in [-0.3, -0.25) is 0 Å². The minimum absolute atomic E-state index is 0.0216. The van der Waals surface area contributed by atoms with Crippen molar-refractivity contribution in [2.75, 3.05) is 0 Å². The van der Waals surface area contributed by atoms with Crippen molar-refractivity contribution in [2.45, 2.75) is 44.1 Å². The van der Waals surface area contributed by atoms with Crippen LogP contribution in [0.25, 0.3) is 0 Å². The number of aromatic hydroxyl groups is 1. The smallest absolute Gasteiger partial charge is 0.335 e. The van der Waals surface area contributed by atoms with Gasteiger partial charge in [0.25, 0.3) is 0 Å². The Balaban J connectivity index is 1.37. The standard InChI is InChI=1S/C18H22BrN3O2/c19-15-1-2-16(23)14(6-15)10-20-22-17(24)21-18-7-11-3-12(8-18)5-13(4-11)9-18/h1-2,6,10-13,23H,3-5,7-9H2,(H2,21,22,24)/b20-10-. The van der Waals surface area contributed by atoms with Gasteiger partial charge in [0.2, 0.25) is 0 Å². The van der Waals surface area contributed by atoms with Gasteiger partial charge in [-0.2, -0.15) is 5.10 Å². The van der Waals surface area contributed by atoms with Crippen LogP contribution in [0.15, 0.2) is 27.8 Å². The average Bonchev–Trinajstić information content (AvgIpc) is 2.48. The van der Waals surface area contributed by atoms with Crippen LogP contribution in [-0.2, 0) is 0 Å². The normalized spacial score (nSPS) is 33.8. The van der Waals surface area contributed by atoms with Gasteiger partial charge in [0.15, 0.2) is 0 Å². The van der Waals surface area contributed by atoms with Crippen LogP contribution >= 0.6 is 15.9 Å². The van der Waals surface area contributed by atoms with Crippen LogP contribution in [0.1, 0.15) is 44.1 Å². The summed E-state index contributed by atoms with van der Waals surface area (Å²) in [6.07, 6.45) is 8.85. The summed E-state index contributed by atoms with van der Waals surface area (Å²) in [6, 6.07) is 4.83. The maximum Gasteiger partial charge on any atom is 0.335 e. The lowest BCUT2D eigenvalue weighted by atomic mass is 9.53. The summed E-state index contributed by atoms with van der Waals surface area (Å²) in [5.41, 5.74) is 3.08. The maximum absolute atomic E-state index is 12.3. The van der Waals surface area contributed by atoms with Gasteiger partial charge in [0, 0.05) is 15.6 Å². The van der Waals surface area contributed by atoms with E-state index in [1.807, 2.05) is 0 Å². The van der Waals surface area contributed by atoms with Gasteiger partial charge in [-0.25, -0.2) is 10.2 Å². The molecule has 5 nitrogen and oxygen atoms in total. The van der Waals surface area contributed by atoms with Crippen molar-refractivity contribution in [3.8, 4) is 5.75 Å². The molecule has 0 radical (unpaired) electrons. The van der Waals surface area contributed by atoms with Gasteiger partial charge < -0.3 is 10.4 Å². The van der Waals surface area contributed by atoms with Crippen LogP contribution in [0.4, 0.5) is 4.79 Å². The minimum Gasteiger partial charge on any atom is -0.507 e. The van der Waals surface area contributed by atoms with E-state index in [1.54, 1.807) is 18.2 Å². The molecule has 24 heavy (non-hydrogen) atoms. The molecule has 6 heteroatoms. The predicted molar refractivity (Wildman–Crippen MR) is 96.0 cm³/mol. The van der Waals surface area contributed by atoms with Crippen LogP contribution in [0, 0.1) is 17.8 Å². The Labute approximate surface area is 150 Å². The van der Waals surface area contributed by atoms with Crippen molar-refractivity contribution >= 4 is 28.2 Å². The number of rotatable bonds is 3. The van der Waals surface area contributed by atoms with Gasteiger partial charge >= 0.3 is 6.03 Å². The largest absolute Gasteiger partial charge is 0.507 e. The molecule has 0 atom stereocenters. The minimum atomic E-state index is -0.248. The summed E-state index contributed by atoms with van der Waals surface area (Å²) in [7, 11) is 0. The summed E-state index contributed by atoms with van der Waals surface area (Å²) in [4.78, 5) is 12.3. The second-order valence-corrected chi connectivity index (χ2v) is 8.64. The van der Waals surface area contributed by atoms with E-state index in [-0.39, 0.29) is 17.3 Å². The third-order valence-corrected chi connectivity index (χ3v) is 6.27. The molecule has 4 bridgehead atoms. The molecule has 4 fully saturated rings. The van der Waals surface area contributed by atoms with Gasteiger partial charge in [0.05, 0.1) is 6.21 Å². The summed E-state index contributed by atoms with van der Waals surface area (Å²) in [5, 5.41) is 16.9. The lowest BCUT2D eigenvalue weighted by molar-refractivity contribution is -0.0135. The van der Waals surface area contributed by atoms with Crippen molar-refractivity contribution in [1.82, 2.24) is 10.7 Å². The van der Waals surface area contributed by atoms with Crippen LogP contribution in [0.3, 0.4) is 0 Å². The van der Waals surface area contributed by atoms with Gasteiger partial charge in [-0.1, -0.05) is 15.9 Å². The van der Waals surface area contributed by atoms with E-state index in [1.165, 1.54) is 25.5 Å². The van der Waals surface area contributed by atoms with Crippen LogP contribution in [0.2, 0.25) is 0 Å². The lowest BCUT2D eigenvalue weighted by Crippen LogP contribution is -2.61.